The van der Waals surface area contributed by atoms with Gasteiger partial charge in [0.2, 0.25) is 0 Å². The SMILES string of the molecule is CCCCCCC(=O)O.CCCCCCCC(=O)O. The van der Waals surface area contributed by atoms with Crippen molar-refractivity contribution in [1.29, 1.82) is 0 Å². The normalized spacial score (nSPS) is 9.58. The van der Waals surface area contributed by atoms with Gasteiger partial charge in [-0.3, -0.25) is 9.59 Å². The largest absolute Gasteiger partial charge is 0.481 e. The standard InChI is InChI=1S/C8H16O2.C7H14O2/c1-2-3-4-5-6-7-8(9)10;1-2-3-4-5-6-7(8)9/h2-7H2,1H3,(H,9,10);2-6H2,1H3,(H,8,9). The van der Waals surface area contributed by atoms with Gasteiger partial charge in [0.25, 0.3) is 0 Å². The first-order valence-corrected chi connectivity index (χ1v) is 7.48. The third kappa shape index (κ3) is 26.5. The lowest BCUT2D eigenvalue weighted by Gasteiger charge is -1.95. The molecule has 0 saturated heterocycles. The van der Waals surface area contributed by atoms with E-state index in [0.29, 0.717) is 12.8 Å². The Morgan fingerprint density at radius 2 is 0.947 bits per heavy atom. The maximum atomic E-state index is 10.0. The van der Waals surface area contributed by atoms with Crippen molar-refractivity contribution in [1.82, 2.24) is 0 Å². The second kappa shape index (κ2) is 16.9. The van der Waals surface area contributed by atoms with Gasteiger partial charge >= 0.3 is 11.9 Å². The fraction of sp³-hybridized carbons (Fsp3) is 0.867. The summed E-state index contributed by atoms with van der Waals surface area (Å²) in [6.07, 6.45) is 10.4. The molecule has 0 fully saturated rings. The van der Waals surface area contributed by atoms with Crippen LogP contribution >= 0.6 is 0 Å². The van der Waals surface area contributed by atoms with Gasteiger partial charge < -0.3 is 10.2 Å². The van der Waals surface area contributed by atoms with Gasteiger partial charge in [0, 0.05) is 12.8 Å². The van der Waals surface area contributed by atoms with Crippen LogP contribution in [0.1, 0.15) is 84.5 Å². The Hall–Kier alpha value is -1.06. The van der Waals surface area contributed by atoms with Crippen LogP contribution in [-0.2, 0) is 9.59 Å². The van der Waals surface area contributed by atoms with Gasteiger partial charge in [0.05, 0.1) is 0 Å². The predicted octanol–water partition coefficient (Wildman–Crippen LogP) is 4.47. The van der Waals surface area contributed by atoms with Gasteiger partial charge in [-0.05, 0) is 12.8 Å². The smallest absolute Gasteiger partial charge is 0.303 e. The molecule has 0 spiro atoms. The Morgan fingerprint density at radius 1 is 0.632 bits per heavy atom. The minimum atomic E-state index is -0.675. The molecular weight excluding hydrogens is 244 g/mol. The van der Waals surface area contributed by atoms with Crippen LogP contribution in [0.15, 0.2) is 0 Å². The van der Waals surface area contributed by atoms with Crippen molar-refractivity contribution in [2.45, 2.75) is 84.5 Å². The minimum Gasteiger partial charge on any atom is -0.481 e. The van der Waals surface area contributed by atoms with E-state index in [9.17, 15) is 9.59 Å². The summed E-state index contributed by atoms with van der Waals surface area (Å²) < 4.78 is 0. The first kappa shape index (κ1) is 20.3. The van der Waals surface area contributed by atoms with Crippen molar-refractivity contribution >= 4 is 11.9 Å². The molecule has 0 saturated carbocycles. The first-order chi connectivity index (χ1) is 9.04. The van der Waals surface area contributed by atoms with Crippen molar-refractivity contribution in [3.05, 3.63) is 0 Å². The molecule has 0 aliphatic heterocycles. The highest BCUT2D eigenvalue weighted by Crippen LogP contribution is 2.04. The number of hydrogen-bond donors (Lipinski definition) is 2. The Kier molecular flexibility index (Phi) is 18.1. The quantitative estimate of drug-likeness (QED) is 0.545. The van der Waals surface area contributed by atoms with Crippen LogP contribution in [0.5, 0.6) is 0 Å². The minimum absolute atomic E-state index is 0.333. The van der Waals surface area contributed by atoms with E-state index in [1.165, 1.54) is 25.7 Å². The lowest BCUT2D eigenvalue weighted by Crippen LogP contribution is -1.93. The second-order valence-electron chi connectivity index (χ2n) is 4.76. The molecule has 0 bridgehead atoms. The summed E-state index contributed by atoms with van der Waals surface area (Å²) >= 11 is 0. The van der Waals surface area contributed by atoms with Crippen LogP contribution in [0.3, 0.4) is 0 Å². The van der Waals surface area contributed by atoms with Crippen molar-refractivity contribution in [3.63, 3.8) is 0 Å². The monoisotopic (exact) mass is 274 g/mol. The zero-order chi connectivity index (χ0) is 14.9. The average Bonchev–Trinajstić information content (AvgIpc) is 2.35. The van der Waals surface area contributed by atoms with Crippen LogP contribution in [0, 0.1) is 0 Å². The summed E-state index contributed by atoms with van der Waals surface area (Å²) in [5, 5.41) is 16.5. The molecule has 0 radical (unpaired) electrons. The lowest BCUT2D eigenvalue weighted by molar-refractivity contribution is -0.138. The summed E-state index contributed by atoms with van der Waals surface area (Å²) in [5.74, 6) is -1.34. The van der Waals surface area contributed by atoms with Crippen molar-refractivity contribution in [2.75, 3.05) is 0 Å². The highest BCUT2D eigenvalue weighted by Gasteiger charge is 1.95. The van der Waals surface area contributed by atoms with Crippen molar-refractivity contribution in [2.24, 2.45) is 0 Å². The third-order valence-corrected chi connectivity index (χ3v) is 2.74. The number of carbonyl (C=O) groups is 2. The van der Waals surface area contributed by atoms with Crippen LogP contribution in [0.25, 0.3) is 0 Å². The topological polar surface area (TPSA) is 74.6 Å². The van der Waals surface area contributed by atoms with Gasteiger partial charge in [-0.25, -0.2) is 0 Å². The van der Waals surface area contributed by atoms with E-state index in [0.717, 1.165) is 32.1 Å². The number of unbranched alkanes of at least 4 members (excludes halogenated alkanes) is 7. The summed E-state index contributed by atoms with van der Waals surface area (Å²) in [6.45, 7) is 4.26. The number of aliphatic carboxylic acids is 2. The van der Waals surface area contributed by atoms with E-state index in [4.69, 9.17) is 10.2 Å². The van der Waals surface area contributed by atoms with Gasteiger partial charge in [0.15, 0.2) is 0 Å². The molecule has 0 atom stereocenters. The van der Waals surface area contributed by atoms with E-state index in [1.807, 2.05) is 0 Å². The molecule has 0 aliphatic carbocycles. The van der Waals surface area contributed by atoms with Gasteiger partial charge in [-0.2, -0.15) is 0 Å². The number of carboxylic acid groups (broad SMARTS) is 2. The Bertz CT molecular complexity index is 214. The van der Waals surface area contributed by atoms with Gasteiger partial charge in [0.1, 0.15) is 0 Å². The Labute approximate surface area is 117 Å². The first-order valence-electron chi connectivity index (χ1n) is 7.48. The molecule has 0 aromatic carbocycles. The predicted molar refractivity (Wildman–Crippen MR) is 77.4 cm³/mol. The molecule has 114 valence electrons. The number of hydrogen-bond acceptors (Lipinski definition) is 2. The van der Waals surface area contributed by atoms with Gasteiger partial charge in [-0.15, -0.1) is 0 Å². The van der Waals surface area contributed by atoms with E-state index in [-0.39, 0.29) is 0 Å². The van der Waals surface area contributed by atoms with E-state index in [2.05, 4.69) is 13.8 Å². The van der Waals surface area contributed by atoms with Crippen LogP contribution < -0.4 is 0 Å². The van der Waals surface area contributed by atoms with E-state index < -0.39 is 11.9 Å². The van der Waals surface area contributed by atoms with Gasteiger partial charge in [-0.1, -0.05) is 58.8 Å². The molecule has 0 aromatic heterocycles. The second-order valence-corrected chi connectivity index (χ2v) is 4.76. The summed E-state index contributed by atoms with van der Waals surface area (Å²) in [5.41, 5.74) is 0. The lowest BCUT2D eigenvalue weighted by atomic mass is 10.1. The maximum absolute atomic E-state index is 10.0. The van der Waals surface area contributed by atoms with E-state index in [1.54, 1.807) is 0 Å². The molecule has 0 aromatic rings. The molecule has 0 aliphatic rings. The molecular formula is C15H30O4. The van der Waals surface area contributed by atoms with Crippen LogP contribution in [0.4, 0.5) is 0 Å². The molecule has 0 amide bonds. The van der Waals surface area contributed by atoms with Crippen LogP contribution in [-0.4, -0.2) is 22.2 Å². The molecule has 0 heterocycles. The highest BCUT2D eigenvalue weighted by molar-refractivity contribution is 5.66. The van der Waals surface area contributed by atoms with Crippen LogP contribution in [0.2, 0.25) is 0 Å². The summed E-state index contributed by atoms with van der Waals surface area (Å²) in [4.78, 5) is 20.0. The molecule has 4 nitrogen and oxygen atoms in total. The third-order valence-electron chi connectivity index (χ3n) is 2.74. The van der Waals surface area contributed by atoms with E-state index >= 15 is 0 Å². The molecule has 2 N–H and O–H groups in total. The average molecular weight is 274 g/mol. The van der Waals surface area contributed by atoms with Crippen molar-refractivity contribution in [3.8, 4) is 0 Å². The molecule has 0 rings (SSSR count). The zero-order valence-corrected chi connectivity index (χ0v) is 12.5. The summed E-state index contributed by atoms with van der Waals surface area (Å²) in [7, 11) is 0. The fourth-order valence-electron chi connectivity index (χ4n) is 1.58. The highest BCUT2D eigenvalue weighted by atomic mass is 16.4. The number of rotatable bonds is 11. The molecule has 4 heteroatoms. The molecule has 0 unspecified atom stereocenters. The molecule has 19 heavy (non-hydrogen) atoms. The summed E-state index contributed by atoms with van der Waals surface area (Å²) in [6, 6.07) is 0. The zero-order valence-electron chi connectivity index (χ0n) is 12.5. The Balaban J connectivity index is 0. The Morgan fingerprint density at radius 3 is 1.26 bits per heavy atom. The maximum Gasteiger partial charge on any atom is 0.303 e. The van der Waals surface area contributed by atoms with Crippen molar-refractivity contribution < 1.29 is 19.8 Å². The number of carboxylic acids is 2. The fourth-order valence-corrected chi connectivity index (χ4v) is 1.58.